The number of hydrogen-bond acceptors (Lipinski definition) is 6. The van der Waals surface area contributed by atoms with Gasteiger partial charge in [-0.25, -0.2) is 9.59 Å². The van der Waals surface area contributed by atoms with Gasteiger partial charge in [-0.15, -0.1) is 22.7 Å². The first-order chi connectivity index (χ1) is 24.0. The highest BCUT2D eigenvalue weighted by Crippen LogP contribution is 2.56. The fraction of sp³-hybridized carbons (Fsp3) is 0.488. The minimum absolute atomic E-state index is 0.144. The molecule has 4 nitrogen and oxygen atoms in total. The number of esters is 2. The first-order valence-electron chi connectivity index (χ1n) is 18.8. The number of unbranched alkanes of at least 4 members (excludes halogenated alkanes) is 10. The molecule has 0 bridgehead atoms. The van der Waals surface area contributed by atoms with Gasteiger partial charge in [0.25, 0.3) is 0 Å². The van der Waals surface area contributed by atoms with Crippen LogP contribution in [0, 0.1) is 0 Å². The van der Waals surface area contributed by atoms with E-state index in [9.17, 15) is 9.59 Å². The Morgan fingerprint density at radius 3 is 1.37 bits per heavy atom. The second kappa shape index (κ2) is 18.1. The van der Waals surface area contributed by atoms with Crippen molar-refractivity contribution in [3.63, 3.8) is 0 Å². The van der Waals surface area contributed by atoms with Gasteiger partial charge in [0.1, 0.15) is 0 Å². The van der Waals surface area contributed by atoms with E-state index in [1.165, 1.54) is 99.3 Å². The Kier molecular flexibility index (Phi) is 13.7. The third kappa shape index (κ3) is 8.40. The van der Waals surface area contributed by atoms with Gasteiger partial charge in [0.2, 0.25) is 0 Å². The maximum absolute atomic E-state index is 13.0. The van der Waals surface area contributed by atoms with Gasteiger partial charge < -0.3 is 9.47 Å². The number of hydrogen-bond donors (Lipinski definition) is 0. The normalized spacial score (nSPS) is 12.9. The SMILES string of the molecule is CCCCCCCCC1(CCCCCCCC)c2cc(-c3sccc3C(=O)OCC)ccc2-c2ccc(-c3sccc3C(=O)OCC)cc21. The molecular formula is C43H54O4S2. The van der Waals surface area contributed by atoms with Crippen molar-refractivity contribution in [2.24, 2.45) is 0 Å². The Morgan fingerprint density at radius 2 is 0.959 bits per heavy atom. The number of benzene rings is 2. The molecule has 0 unspecified atom stereocenters. The van der Waals surface area contributed by atoms with Crippen LogP contribution in [0.1, 0.15) is 149 Å². The van der Waals surface area contributed by atoms with Gasteiger partial charge in [0, 0.05) is 15.2 Å². The van der Waals surface area contributed by atoms with Crippen LogP contribution < -0.4 is 0 Å². The molecule has 0 atom stereocenters. The van der Waals surface area contributed by atoms with E-state index in [1.54, 1.807) is 22.7 Å². The lowest BCUT2D eigenvalue weighted by Crippen LogP contribution is -2.25. The van der Waals surface area contributed by atoms with Gasteiger partial charge in [0.05, 0.1) is 24.3 Å². The summed E-state index contributed by atoms with van der Waals surface area (Å²) in [5, 5.41) is 4.00. The molecule has 0 amide bonds. The van der Waals surface area contributed by atoms with E-state index >= 15 is 0 Å². The molecule has 0 spiro atoms. The van der Waals surface area contributed by atoms with Crippen LogP contribution in [0.25, 0.3) is 32.0 Å². The largest absolute Gasteiger partial charge is 0.462 e. The molecule has 0 saturated heterocycles. The molecule has 1 aliphatic carbocycles. The van der Waals surface area contributed by atoms with Crippen LogP contribution in [0.5, 0.6) is 0 Å². The molecule has 262 valence electrons. The molecule has 1 aliphatic rings. The Hall–Kier alpha value is -3.22. The summed E-state index contributed by atoms with van der Waals surface area (Å²) in [7, 11) is 0. The minimum Gasteiger partial charge on any atom is -0.462 e. The molecule has 0 aliphatic heterocycles. The summed E-state index contributed by atoms with van der Waals surface area (Å²) in [6, 6.07) is 17.5. The molecule has 5 rings (SSSR count). The zero-order chi connectivity index (χ0) is 34.6. The first kappa shape index (κ1) is 37.0. The van der Waals surface area contributed by atoms with Crippen LogP contribution in [0.3, 0.4) is 0 Å². The third-order valence-electron chi connectivity index (χ3n) is 10.1. The van der Waals surface area contributed by atoms with Crippen LogP contribution in [0.15, 0.2) is 59.3 Å². The molecule has 0 N–H and O–H groups in total. The summed E-state index contributed by atoms with van der Waals surface area (Å²) in [4.78, 5) is 27.9. The van der Waals surface area contributed by atoms with Crippen molar-refractivity contribution >= 4 is 34.6 Å². The van der Waals surface area contributed by atoms with Gasteiger partial charge in [-0.2, -0.15) is 0 Å². The summed E-state index contributed by atoms with van der Waals surface area (Å²) in [5.74, 6) is -0.517. The summed E-state index contributed by atoms with van der Waals surface area (Å²) in [6.45, 7) is 8.98. The predicted octanol–water partition coefficient (Wildman–Crippen LogP) is 13.3. The summed E-state index contributed by atoms with van der Waals surface area (Å²) in [6.07, 6.45) is 17.2. The standard InChI is InChI=1S/C43H54O4S2/c1-5-9-11-13-15-17-25-43(26-18-16-14-12-10-6-2)37-29-31(39-35(23-27-48-39)41(44)46-7-3)19-21-33(37)34-22-20-32(30-38(34)43)40-36(24-28-49-40)42(45)47-8-4/h19-24,27-30H,5-18,25-26H2,1-4H3. The summed E-state index contributed by atoms with van der Waals surface area (Å²) >= 11 is 3.22. The second-order valence-corrected chi connectivity index (χ2v) is 15.2. The Bertz CT molecular complexity index is 1550. The van der Waals surface area contributed by atoms with Crippen LogP contribution >= 0.6 is 22.7 Å². The molecule has 0 saturated carbocycles. The fourth-order valence-corrected chi connectivity index (χ4v) is 9.42. The highest BCUT2D eigenvalue weighted by Gasteiger charge is 2.43. The molecule has 6 heteroatoms. The van der Waals surface area contributed by atoms with Gasteiger partial charge in [-0.05, 0) is 95.1 Å². The van der Waals surface area contributed by atoms with E-state index in [-0.39, 0.29) is 17.4 Å². The van der Waals surface area contributed by atoms with Crippen molar-refractivity contribution < 1.29 is 19.1 Å². The van der Waals surface area contributed by atoms with Crippen molar-refractivity contribution in [2.75, 3.05) is 13.2 Å². The summed E-state index contributed by atoms with van der Waals surface area (Å²) in [5.41, 5.74) is 8.69. The molecule has 4 aromatic rings. The molecule has 2 heterocycles. The Labute approximate surface area is 302 Å². The lowest BCUT2D eigenvalue weighted by Gasteiger charge is -2.33. The first-order valence-corrected chi connectivity index (χ1v) is 20.5. The molecule has 49 heavy (non-hydrogen) atoms. The van der Waals surface area contributed by atoms with Gasteiger partial charge in [0.15, 0.2) is 0 Å². The van der Waals surface area contributed by atoms with Crippen LogP contribution in [0.4, 0.5) is 0 Å². The molecular weight excluding hydrogens is 645 g/mol. The van der Waals surface area contributed by atoms with Gasteiger partial charge in [-0.1, -0.05) is 115 Å². The topological polar surface area (TPSA) is 52.6 Å². The Morgan fingerprint density at radius 1 is 0.551 bits per heavy atom. The number of thiophene rings is 2. The van der Waals surface area contributed by atoms with E-state index < -0.39 is 0 Å². The lowest BCUT2D eigenvalue weighted by atomic mass is 9.70. The van der Waals surface area contributed by atoms with Crippen molar-refractivity contribution in [3.05, 3.63) is 81.5 Å². The monoisotopic (exact) mass is 698 g/mol. The molecule has 0 fully saturated rings. The maximum Gasteiger partial charge on any atom is 0.339 e. The van der Waals surface area contributed by atoms with Gasteiger partial charge >= 0.3 is 11.9 Å². The maximum atomic E-state index is 13.0. The van der Waals surface area contributed by atoms with Crippen LogP contribution in [-0.2, 0) is 14.9 Å². The number of carbonyl (C=O) groups excluding carboxylic acids is 2. The Balaban J connectivity index is 1.61. The number of ether oxygens (including phenoxy) is 2. The average Bonchev–Trinajstić information content (AvgIpc) is 3.86. The van der Waals surface area contributed by atoms with E-state index in [2.05, 4.69) is 50.2 Å². The average molecular weight is 699 g/mol. The third-order valence-corrected chi connectivity index (χ3v) is 12.0. The van der Waals surface area contributed by atoms with E-state index in [4.69, 9.17) is 9.47 Å². The predicted molar refractivity (Wildman–Crippen MR) is 207 cm³/mol. The van der Waals surface area contributed by atoms with Crippen molar-refractivity contribution in [1.82, 2.24) is 0 Å². The smallest absolute Gasteiger partial charge is 0.339 e. The zero-order valence-corrected chi connectivity index (χ0v) is 31.7. The fourth-order valence-electron chi connectivity index (χ4n) is 7.66. The zero-order valence-electron chi connectivity index (χ0n) is 30.0. The lowest BCUT2D eigenvalue weighted by molar-refractivity contribution is 0.0518. The number of carbonyl (C=O) groups is 2. The van der Waals surface area contributed by atoms with E-state index in [1.807, 2.05) is 36.7 Å². The molecule has 0 radical (unpaired) electrons. The second-order valence-electron chi connectivity index (χ2n) is 13.4. The highest BCUT2D eigenvalue weighted by molar-refractivity contribution is 7.14. The van der Waals surface area contributed by atoms with Crippen LogP contribution in [-0.4, -0.2) is 25.2 Å². The van der Waals surface area contributed by atoms with Crippen molar-refractivity contribution in [3.8, 4) is 32.0 Å². The van der Waals surface area contributed by atoms with Crippen LogP contribution in [0.2, 0.25) is 0 Å². The quantitative estimate of drug-likeness (QED) is 0.0681. The number of rotatable bonds is 20. The summed E-state index contributed by atoms with van der Waals surface area (Å²) < 4.78 is 10.9. The minimum atomic E-state index is -0.258. The van der Waals surface area contributed by atoms with Crippen molar-refractivity contribution in [1.29, 1.82) is 0 Å². The highest BCUT2D eigenvalue weighted by atomic mass is 32.1. The van der Waals surface area contributed by atoms with E-state index in [0.29, 0.717) is 24.3 Å². The number of fused-ring (bicyclic) bond motifs is 3. The molecule has 2 aromatic carbocycles. The molecule has 2 aromatic heterocycles. The van der Waals surface area contributed by atoms with E-state index in [0.717, 1.165) is 33.7 Å². The van der Waals surface area contributed by atoms with Gasteiger partial charge in [-0.3, -0.25) is 0 Å². The van der Waals surface area contributed by atoms with Crippen molar-refractivity contribution in [2.45, 2.75) is 123 Å².